The Morgan fingerprint density at radius 3 is 2.56 bits per heavy atom. The van der Waals surface area contributed by atoms with Crippen molar-refractivity contribution < 1.29 is 4.39 Å². The van der Waals surface area contributed by atoms with Gasteiger partial charge in [-0.25, -0.2) is 4.39 Å². The van der Waals surface area contributed by atoms with Gasteiger partial charge in [-0.3, -0.25) is 4.98 Å². The topological polar surface area (TPSA) is 24.9 Å². The quantitative estimate of drug-likeness (QED) is 0.876. The highest BCUT2D eigenvalue weighted by atomic mass is 79.9. The van der Waals surface area contributed by atoms with Crippen LogP contribution in [-0.2, 0) is 0 Å². The summed E-state index contributed by atoms with van der Waals surface area (Å²) in [6, 6.07) is 3.50. The minimum absolute atomic E-state index is 0.254. The zero-order valence-corrected chi connectivity index (χ0v) is 12.5. The van der Waals surface area contributed by atoms with Gasteiger partial charge in [-0.15, -0.1) is 0 Å². The maximum Gasteiger partial charge on any atom is 0.138 e. The van der Waals surface area contributed by atoms with E-state index in [0.29, 0.717) is 10.4 Å². The zero-order valence-electron chi connectivity index (χ0n) is 10.9. The number of hydrogen-bond acceptors (Lipinski definition) is 2. The summed E-state index contributed by atoms with van der Waals surface area (Å²) in [4.78, 5) is 4.65. The van der Waals surface area contributed by atoms with E-state index in [2.05, 4.69) is 40.1 Å². The van der Waals surface area contributed by atoms with Crippen LogP contribution in [0.25, 0.3) is 10.9 Å². The van der Waals surface area contributed by atoms with Gasteiger partial charge in [0, 0.05) is 23.8 Å². The summed E-state index contributed by atoms with van der Waals surface area (Å²) in [5, 5.41) is 3.93. The number of aromatic nitrogens is 1. The van der Waals surface area contributed by atoms with E-state index in [4.69, 9.17) is 0 Å². The van der Waals surface area contributed by atoms with E-state index in [-0.39, 0.29) is 5.82 Å². The molecule has 0 bridgehead atoms. The second-order valence-electron chi connectivity index (χ2n) is 4.71. The third-order valence-electron chi connectivity index (χ3n) is 3.05. The highest BCUT2D eigenvalue weighted by Crippen LogP contribution is 2.35. The number of fused-ring (bicyclic) bond motifs is 1. The van der Waals surface area contributed by atoms with Crippen molar-refractivity contribution >= 4 is 32.5 Å². The van der Waals surface area contributed by atoms with Crippen LogP contribution in [0.15, 0.2) is 16.6 Å². The van der Waals surface area contributed by atoms with Gasteiger partial charge < -0.3 is 5.32 Å². The van der Waals surface area contributed by atoms with E-state index in [1.807, 2.05) is 20.0 Å². The summed E-state index contributed by atoms with van der Waals surface area (Å²) in [6.07, 6.45) is 0. The van der Waals surface area contributed by atoms with Crippen LogP contribution >= 0.6 is 15.9 Å². The van der Waals surface area contributed by atoms with Crippen molar-refractivity contribution in [2.75, 3.05) is 12.4 Å². The van der Waals surface area contributed by atoms with Crippen LogP contribution in [-0.4, -0.2) is 12.0 Å². The molecule has 2 rings (SSSR count). The predicted molar refractivity (Wildman–Crippen MR) is 77.8 cm³/mol. The number of nitrogens with zero attached hydrogens (tertiary/aromatic N) is 1. The fourth-order valence-corrected chi connectivity index (χ4v) is 2.52. The predicted octanol–water partition coefficient (Wildman–Crippen LogP) is 4.61. The van der Waals surface area contributed by atoms with Gasteiger partial charge in [-0.2, -0.15) is 0 Å². The number of anilines is 1. The molecule has 0 fully saturated rings. The van der Waals surface area contributed by atoms with Crippen LogP contribution in [0.2, 0.25) is 0 Å². The first-order valence-corrected chi connectivity index (χ1v) is 6.72. The van der Waals surface area contributed by atoms with Crippen LogP contribution in [0.1, 0.15) is 31.0 Å². The third kappa shape index (κ3) is 2.09. The molecule has 0 amide bonds. The summed E-state index contributed by atoms with van der Waals surface area (Å²) >= 11 is 3.31. The molecule has 0 spiro atoms. The minimum atomic E-state index is -0.254. The number of pyridine rings is 1. The molecule has 2 nitrogen and oxygen atoms in total. The first kappa shape index (κ1) is 13.3. The number of nitrogens with one attached hydrogen (secondary N) is 1. The fourth-order valence-electron chi connectivity index (χ4n) is 2.01. The SMILES string of the molecule is CNc1cc(C(C)C)nc2c(C)cc(F)c(Br)c12. The average molecular weight is 311 g/mol. The lowest BCUT2D eigenvalue weighted by Crippen LogP contribution is -2.01. The Kier molecular flexibility index (Phi) is 3.57. The number of halogens is 2. The molecule has 0 radical (unpaired) electrons. The van der Waals surface area contributed by atoms with Gasteiger partial charge in [-0.1, -0.05) is 13.8 Å². The van der Waals surface area contributed by atoms with Crippen molar-refractivity contribution in [2.45, 2.75) is 26.7 Å². The van der Waals surface area contributed by atoms with Gasteiger partial charge >= 0.3 is 0 Å². The van der Waals surface area contributed by atoms with Crippen LogP contribution in [0.5, 0.6) is 0 Å². The Balaban J connectivity index is 2.91. The maximum absolute atomic E-state index is 13.8. The molecule has 0 aliphatic carbocycles. The van der Waals surface area contributed by atoms with E-state index in [1.165, 1.54) is 6.07 Å². The van der Waals surface area contributed by atoms with Gasteiger partial charge in [0.1, 0.15) is 5.82 Å². The van der Waals surface area contributed by atoms with E-state index < -0.39 is 0 Å². The van der Waals surface area contributed by atoms with Crippen LogP contribution in [0.3, 0.4) is 0 Å². The molecule has 0 unspecified atom stereocenters. The lowest BCUT2D eigenvalue weighted by Gasteiger charge is -2.14. The van der Waals surface area contributed by atoms with Crippen molar-refractivity contribution in [2.24, 2.45) is 0 Å². The molecule has 0 aliphatic rings. The molecule has 1 aromatic carbocycles. The lowest BCUT2D eigenvalue weighted by atomic mass is 10.0. The monoisotopic (exact) mass is 310 g/mol. The lowest BCUT2D eigenvalue weighted by molar-refractivity contribution is 0.622. The molecule has 4 heteroatoms. The highest BCUT2D eigenvalue weighted by Gasteiger charge is 2.15. The number of benzene rings is 1. The first-order valence-electron chi connectivity index (χ1n) is 5.92. The van der Waals surface area contributed by atoms with Crippen molar-refractivity contribution in [1.29, 1.82) is 0 Å². The molecule has 18 heavy (non-hydrogen) atoms. The van der Waals surface area contributed by atoms with Crippen LogP contribution in [0.4, 0.5) is 10.1 Å². The summed E-state index contributed by atoms with van der Waals surface area (Å²) in [7, 11) is 1.84. The molecule has 0 saturated heterocycles. The Morgan fingerprint density at radius 1 is 1.33 bits per heavy atom. The van der Waals surface area contributed by atoms with E-state index in [1.54, 1.807) is 0 Å². The van der Waals surface area contributed by atoms with Gasteiger partial charge in [0.15, 0.2) is 0 Å². The number of hydrogen-bond donors (Lipinski definition) is 1. The fraction of sp³-hybridized carbons (Fsp3) is 0.357. The minimum Gasteiger partial charge on any atom is -0.387 e. The smallest absolute Gasteiger partial charge is 0.138 e. The molecular formula is C14H16BrFN2. The molecule has 1 heterocycles. The summed E-state index contributed by atoms with van der Waals surface area (Å²) in [5.74, 6) is 0.0836. The Labute approximate surface area is 115 Å². The van der Waals surface area contributed by atoms with Gasteiger partial charge in [0.2, 0.25) is 0 Å². The maximum atomic E-state index is 13.8. The number of rotatable bonds is 2. The van der Waals surface area contributed by atoms with Gasteiger partial charge in [-0.05, 0) is 46.5 Å². The van der Waals surface area contributed by atoms with Crippen LogP contribution in [0, 0.1) is 12.7 Å². The molecule has 2 aromatic rings. The molecule has 0 saturated carbocycles. The number of aryl methyl sites for hydroxylation is 1. The molecule has 96 valence electrons. The third-order valence-corrected chi connectivity index (χ3v) is 3.82. The molecule has 0 atom stereocenters. The highest BCUT2D eigenvalue weighted by molar-refractivity contribution is 9.10. The van der Waals surface area contributed by atoms with Gasteiger partial charge in [0.05, 0.1) is 9.99 Å². The van der Waals surface area contributed by atoms with Crippen molar-refractivity contribution in [3.63, 3.8) is 0 Å². The van der Waals surface area contributed by atoms with E-state index in [0.717, 1.165) is 27.8 Å². The van der Waals surface area contributed by atoms with Crippen LogP contribution < -0.4 is 5.32 Å². The molecule has 1 N–H and O–H groups in total. The normalized spacial score (nSPS) is 11.3. The van der Waals surface area contributed by atoms with Crippen molar-refractivity contribution in [3.05, 3.63) is 33.7 Å². The molecule has 0 aliphatic heterocycles. The molecular weight excluding hydrogens is 295 g/mol. The summed E-state index contributed by atoms with van der Waals surface area (Å²) < 4.78 is 14.3. The van der Waals surface area contributed by atoms with Crippen molar-refractivity contribution in [3.8, 4) is 0 Å². The Morgan fingerprint density at radius 2 is 2.00 bits per heavy atom. The summed E-state index contributed by atoms with van der Waals surface area (Å²) in [6.45, 7) is 6.08. The Hall–Kier alpha value is -1.16. The average Bonchev–Trinajstić information content (AvgIpc) is 2.34. The van der Waals surface area contributed by atoms with Gasteiger partial charge in [0.25, 0.3) is 0 Å². The second-order valence-corrected chi connectivity index (χ2v) is 5.51. The first-order chi connectivity index (χ1) is 8.45. The zero-order chi connectivity index (χ0) is 13.4. The van der Waals surface area contributed by atoms with E-state index >= 15 is 0 Å². The van der Waals surface area contributed by atoms with Crippen molar-refractivity contribution in [1.82, 2.24) is 4.98 Å². The largest absolute Gasteiger partial charge is 0.387 e. The molecule has 1 aromatic heterocycles. The second kappa shape index (κ2) is 4.84. The van der Waals surface area contributed by atoms with E-state index in [9.17, 15) is 4.39 Å². The standard InChI is InChI=1S/C14H16BrFN2/c1-7(2)10-6-11(17-4)12-13(15)9(16)5-8(3)14(12)18-10/h5-7H,1-4H3,(H,17,18). The summed E-state index contributed by atoms with van der Waals surface area (Å²) in [5.41, 5.74) is 3.61. The Bertz CT molecular complexity index is 609.